The molecule has 1 unspecified atom stereocenters. The number of carboxylic acid groups (broad SMARTS) is 1. The van der Waals surface area contributed by atoms with E-state index in [1.54, 1.807) is 17.8 Å². The lowest BCUT2D eigenvalue weighted by Crippen LogP contribution is -2.41. The number of carboxylic acids is 1. The average molecular weight is 522 g/mol. The second-order valence-electron chi connectivity index (χ2n) is 8.83. The minimum atomic E-state index is -1.03. The molecule has 0 radical (unpaired) electrons. The molecular weight excluding hydrogens is 486 g/mol. The predicted octanol–water partition coefficient (Wildman–Crippen LogP) is 6.10. The van der Waals surface area contributed by atoms with Crippen LogP contribution in [0.25, 0.3) is 11.1 Å². The lowest BCUT2D eigenvalue weighted by atomic mass is 9.93. The van der Waals surface area contributed by atoms with Crippen LogP contribution in [-0.2, 0) is 22.7 Å². The Morgan fingerprint density at radius 2 is 1.73 bits per heavy atom. The molecule has 1 amide bonds. The number of rotatable bonds is 14. The molecule has 3 rings (SSSR count). The van der Waals surface area contributed by atoms with Gasteiger partial charge in [-0.3, -0.25) is 4.79 Å². The Hall–Kier alpha value is -3.29. The van der Waals surface area contributed by atoms with E-state index in [4.69, 9.17) is 9.47 Å². The van der Waals surface area contributed by atoms with Crippen LogP contribution >= 0.6 is 11.8 Å². The first-order valence-corrected chi connectivity index (χ1v) is 13.8. The number of benzene rings is 3. The standard InChI is InChI=1S/C30H35NO5S/c1-4-15-36-24-10-7-9-22(17-24)19-35-20-23-12-13-26(27(18-23)25-11-6-5-8-21(25)2)29(32)31-28(30(33)34)14-16-37-3/h5-13,17-18,28H,4,14-16,19-20H2,1-3H3,(H,31,32)(H,33,34). The molecular formula is C30H35NO5S. The summed E-state index contributed by atoms with van der Waals surface area (Å²) in [7, 11) is 0. The van der Waals surface area contributed by atoms with Crippen molar-refractivity contribution in [1.82, 2.24) is 5.32 Å². The van der Waals surface area contributed by atoms with Gasteiger partial charge in [-0.2, -0.15) is 11.8 Å². The van der Waals surface area contributed by atoms with Gasteiger partial charge in [0.1, 0.15) is 11.8 Å². The summed E-state index contributed by atoms with van der Waals surface area (Å²) in [5.74, 6) is 0.0423. The zero-order chi connectivity index (χ0) is 26.6. The highest BCUT2D eigenvalue weighted by Gasteiger charge is 2.22. The van der Waals surface area contributed by atoms with Crippen molar-refractivity contribution in [3.8, 4) is 16.9 Å². The van der Waals surface area contributed by atoms with E-state index in [9.17, 15) is 14.7 Å². The third-order valence-corrected chi connectivity index (χ3v) is 6.53. The summed E-state index contributed by atoms with van der Waals surface area (Å²) in [5.41, 5.74) is 5.08. The number of ether oxygens (including phenoxy) is 2. The monoisotopic (exact) mass is 521 g/mol. The average Bonchev–Trinajstić information content (AvgIpc) is 2.90. The third kappa shape index (κ3) is 8.37. The maximum absolute atomic E-state index is 13.2. The quantitative estimate of drug-likeness (QED) is 0.267. The van der Waals surface area contributed by atoms with Gasteiger partial charge in [-0.25, -0.2) is 4.79 Å². The van der Waals surface area contributed by atoms with Crippen molar-refractivity contribution in [2.24, 2.45) is 0 Å². The number of carbonyl (C=O) groups is 2. The van der Waals surface area contributed by atoms with Gasteiger partial charge in [0, 0.05) is 5.56 Å². The first kappa shape index (κ1) is 28.3. The Morgan fingerprint density at radius 1 is 0.973 bits per heavy atom. The number of carbonyl (C=O) groups excluding carboxylic acids is 1. The number of thioether (sulfide) groups is 1. The number of hydrogen-bond acceptors (Lipinski definition) is 5. The molecule has 0 spiro atoms. The van der Waals surface area contributed by atoms with Crippen molar-refractivity contribution in [2.75, 3.05) is 18.6 Å². The molecule has 0 heterocycles. The number of aryl methyl sites for hydroxylation is 1. The molecule has 0 aliphatic rings. The molecule has 0 saturated heterocycles. The summed E-state index contributed by atoms with van der Waals surface area (Å²) in [5, 5.41) is 12.3. The molecule has 3 aromatic rings. The van der Waals surface area contributed by atoms with E-state index in [1.165, 1.54) is 0 Å². The molecule has 2 N–H and O–H groups in total. The molecule has 0 aliphatic carbocycles. The van der Waals surface area contributed by atoms with Gasteiger partial charge in [-0.15, -0.1) is 0 Å². The van der Waals surface area contributed by atoms with Gasteiger partial charge >= 0.3 is 5.97 Å². The van der Waals surface area contributed by atoms with Crippen molar-refractivity contribution < 1.29 is 24.2 Å². The van der Waals surface area contributed by atoms with Gasteiger partial charge in [-0.05, 0) is 83.9 Å². The number of amides is 1. The molecule has 7 heteroatoms. The number of aliphatic carboxylic acids is 1. The Labute approximate surface area is 223 Å². The fraction of sp³-hybridized carbons (Fsp3) is 0.333. The van der Waals surface area contributed by atoms with Gasteiger partial charge < -0.3 is 19.9 Å². The Kier molecular flexibility index (Phi) is 11.0. The van der Waals surface area contributed by atoms with Crippen molar-refractivity contribution in [1.29, 1.82) is 0 Å². The van der Waals surface area contributed by atoms with Gasteiger partial charge in [0.25, 0.3) is 5.91 Å². The summed E-state index contributed by atoms with van der Waals surface area (Å²) in [6.45, 7) is 5.54. The molecule has 3 aromatic carbocycles. The molecule has 6 nitrogen and oxygen atoms in total. The van der Waals surface area contributed by atoms with Crippen LogP contribution in [0.2, 0.25) is 0 Å². The van der Waals surface area contributed by atoms with Gasteiger partial charge in [-0.1, -0.05) is 49.4 Å². The van der Waals surface area contributed by atoms with E-state index in [0.29, 0.717) is 37.6 Å². The van der Waals surface area contributed by atoms with E-state index in [1.807, 2.05) is 73.8 Å². The smallest absolute Gasteiger partial charge is 0.326 e. The third-order valence-electron chi connectivity index (χ3n) is 5.89. The fourth-order valence-electron chi connectivity index (χ4n) is 3.94. The zero-order valence-electron chi connectivity index (χ0n) is 21.7. The van der Waals surface area contributed by atoms with E-state index >= 15 is 0 Å². The van der Waals surface area contributed by atoms with Crippen molar-refractivity contribution in [2.45, 2.75) is 45.9 Å². The fourth-order valence-corrected chi connectivity index (χ4v) is 4.41. The second kappa shape index (κ2) is 14.4. The van der Waals surface area contributed by atoms with E-state index < -0.39 is 17.9 Å². The van der Waals surface area contributed by atoms with E-state index in [-0.39, 0.29) is 0 Å². The lowest BCUT2D eigenvalue weighted by Gasteiger charge is -2.18. The molecule has 0 aliphatic heterocycles. The molecule has 1 atom stereocenters. The Morgan fingerprint density at radius 3 is 2.43 bits per heavy atom. The van der Waals surface area contributed by atoms with Gasteiger partial charge in [0.05, 0.1) is 19.8 Å². The van der Waals surface area contributed by atoms with Crippen LogP contribution < -0.4 is 10.1 Å². The van der Waals surface area contributed by atoms with Crippen LogP contribution in [0.4, 0.5) is 0 Å². The van der Waals surface area contributed by atoms with Crippen molar-refractivity contribution >= 4 is 23.6 Å². The largest absolute Gasteiger partial charge is 0.494 e. The van der Waals surface area contributed by atoms with Crippen LogP contribution in [-0.4, -0.2) is 41.6 Å². The van der Waals surface area contributed by atoms with Crippen molar-refractivity contribution in [3.05, 3.63) is 89.0 Å². The second-order valence-corrected chi connectivity index (χ2v) is 9.81. The zero-order valence-corrected chi connectivity index (χ0v) is 22.5. The van der Waals surface area contributed by atoms with Crippen LogP contribution in [0.3, 0.4) is 0 Å². The highest BCUT2D eigenvalue weighted by atomic mass is 32.2. The SMILES string of the molecule is CCCOc1cccc(COCc2ccc(C(=O)NC(CCSC)C(=O)O)c(-c3ccccc3C)c2)c1. The van der Waals surface area contributed by atoms with Gasteiger partial charge in [0.15, 0.2) is 0 Å². The van der Waals surface area contributed by atoms with Crippen LogP contribution in [0.5, 0.6) is 5.75 Å². The Balaban J connectivity index is 1.79. The Bertz CT molecular complexity index is 1200. The molecule has 0 saturated carbocycles. The first-order chi connectivity index (χ1) is 17.9. The summed E-state index contributed by atoms with van der Waals surface area (Å²) >= 11 is 1.55. The van der Waals surface area contributed by atoms with Gasteiger partial charge in [0.2, 0.25) is 0 Å². The number of nitrogens with one attached hydrogen (secondary N) is 1. The predicted molar refractivity (Wildman–Crippen MR) is 149 cm³/mol. The van der Waals surface area contributed by atoms with Crippen molar-refractivity contribution in [3.63, 3.8) is 0 Å². The minimum absolute atomic E-state index is 0.360. The molecule has 0 fully saturated rings. The first-order valence-electron chi connectivity index (χ1n) is 12.4. The molecule has 196 valence electrons. The number of hydrogen-bond donors (Lipinski definition) is 2. The normalized spacial score (nSPS) is 11.6. The summed E-state index contributed by atoms with van der Waals surface area (Å²) in [6, 6.07) is 20.3. The van der Waals surface area contributed by atoms with E-state index in [2.05, 4.69) is 12.2 Å². The molecule has 0 aromatic heterocycles. The summed E-state index contributed by atoms with van der Waals surface area (Å²) in [6.07, 6.45) is 3.22. The lowest BCUT2D eigenvalue weighted by molar-refractivity contribution is -0.139. The topological polar surface area (TPSA) is 84.9 Å². The molecule has 37 heavy (non-hydrogen) atoms. The maximum Gasteiger partial charge on any atom is 0.326 e. The maximum atomic E-state index is 13.2. The summed E-state index contributed by atoms with van der Waals surface area (Å²) < 4.78 is 11.7. The van der Waals surface area contributed by atoms with Crippen LogP contribution in [0.1, 0.15) is 46.8 Å². The molecule has 0 bridgehead atoms. The van der Waals surface area contributed by atoms with E-state index in [0.717, 1.165) is 40.0 Å². The van der Waals surface area contributed by atoms with Crippen LogP contribution in [0.15, 0.2) is 66.7 Å². The summed E-state index contributed by atoms with van der Waals surface area (Å²) in [4.78, 5) is 24.9. The highest BCUT2D eigenvalue weighted by molar-refractivity contribution is 7.98. The highest BCUT2D eigenvalue weighted by Crippen LogP contribution is 2.29. The van der Waals surface area contributed by atoms with Crippen LogP contribution in [0, 0.1) is 6.92 Å². The minimum Gasteiger partial charge on any atom is -0.494 e.